The van der Waals surface area contributed by atoms with Crippen LogP contribution in [-0.4, -0.2) is 41.4 Å². The number of amides is 1. The van der Waals surface area contributed by atoms with Crippen molar-refractivity contribution in [2.24, 2.45) is 0 Å². The molecule has 1 amide bonds. The van der Waals surface area contributed by atoms with Crippen LogP contribution in [0.2, 0.25) is 0 Å². The molecule has 0 bridgehead atoms. The fraction of sp³-hybridized carbons (Fsp3) is 0.409. The van der Waals surface area contributed by atoms with Crippen LogP contribution in [0.25, 0.3) is 0 Å². The highest BCUT2D eigenvalue weighted by Crippen LogP contribution is 2.25. The summed E-state index contributed by atoms with van der Waals surface area (Å²) in [5, 5.41) is 0. The van der Waals surface area contributed by atoms with Crippen molar-refractivity contribution in [3.8, 4) is 0 Å². The minimum Gasteiger partial charge on any atom is -0.339 e. The number of aryl methyl sites for hydroxylation is 1. The maximum atomic E-state index is 12.8. The van der Waals surface area contributed by atoms with E-state index in [9.17, 15) is 4.79 Å². The van der Waals surface area contributed by atoms with E-state index in [0.29, 0.717) is 6.04 Å². The zero-order valence-corrected chi connectivity index (χ0v) is 14.9. The molecule has 0 radical (unpaired) electrons. The van der Waals surface area contributed by atoms with Crippen LogP contribution < -0.4 is 0 Å². The van der Waals surface area contributed by atoms with Gasteiger partial charge in [0.2, 0.25) is 0 Å². The summed E-state index contributed by atoms with van der Waals surface area (Å²) in [5.41, 5.74) is 4.91. The Morgan fingerprint density at radius 3 is 2.36 bits per heavy atom. The van der Waals surface area contributed by atoms with E-state index in [1.165, 1.54) is 11.1 Å². The van der Waals surface area contributed by atoms with E-state index >= 15 is 0 Å². The van der Waals surface area contributed by atoms with Crippen molar-refractivity contribution in [2.75, 3.05) is 19.6 Å². The average Bonchev–Trinajstić information content (AvgIpc) is 2.67. The smallest absolute Gasteiger partial charge is 0.254 e. The molecular formula is C22H26N2O. The second-order valence-electron chi connectivity index (χ2n) is 7.33. The normalized spacial score (nSPS) is 18.8. The van der Waals surface area contributed by atoms with Gasteiger partial charge >= 0.3 is 0 Å². The van der Waals surface area contributed by atoms with Crippen molar-refractivity contribution in [1.29, 1.82) is 0 Å². The molecule has 1 saturated heterocycles. The first-order chi connectivity index (χ1) is 12.2. The highest BCUT2D eigenvalue weighted by atomic mass is 16.2. The van der Waals surface area contributed by atoms with Crippen LogP contribution in [0.3, 0.4) is 0 Å². The van der Waals surface area contributed by atoms with Gasteiger partial charge in [-0.3, -0.25) is 9.69 Å². The van der Waals surface area contributed by atoms with Crippen LogP contribution in [0, 0.1) is 6.92 Å². The molecule has 25 heavy (non-hydrogen) atoms. The van der Waals surface area contributed by atoms with Gasteiger partial charge in [-0.05, 0) is 48.9 Å². The summed E-state index contributed by atoms with van der Waals surface area (Å²) >= 11 is 0. The molecule has 0 aliphatic carbocycles. The van der Waals surface area contributed by atoms with Gasteiger partial charge < -0.3 is 4.90 Å². The summed E-state index contributed by atoms with van der Waals surface area (Å²) in [6.45, 7) is 5.97. The lowest BCUT2D eigenvalue weighted by Gasteiger charge is -2.40. The number of nitrogens with zero attached hydrogens (tertiary/aromatic N) is 2. The predicted octanol–water partition coefficient (Wildman–Crippen LogP) is 3.66. The largest absolute Gasteiger partial charge is 0.339 e. The molecule has 2 aliphatic heterocycles. The maximum Gasteiger partial charge on any atom is 0.254 e. The van der Waals surface area contributed by atoms with E-state index in [4.69, 9.17) is 0 Å². The van der Waals surface area contributed by atoms with Crippen LogP contribution in [0.5, 0.6) is 0 Å². The molecule has 3 nitrogen and oxygen atoms in total. The summed E-state index contributed by atoms with van der Waals surface area (Å²) in [4.78, 5) is 17.4. The van der Waals surface area contributed by atoms with Gasteiger partial charge in [-0.25, -0.2) is 0 Å². The molecular weight excluding hydrogens is 308 g/mol. The van der Waals surface area contributed by atoms with Gasteiger partial charge in [0.05, 0.1) is 0 Å². The van der Waals surface area contributed by atoms with Crippen LogP contribution >= 0.6 is 0 Å². The van der Waals surface area contributed by atoms with Gasteiger partial charge in [-0.2, -0.15) is 0 Å². The first-order valence-electron chi connectivity index (χ1n) is 9.38. The Morgan fingerprint density at radius 1 is 0.920 bits per heavy atom. The third-order valence-electron chi connectivity index (χ3n) is 5.80. The molecule has 2 aromatic rings. The average molecular weight is 334 g/mol. The second-order valence-corrected chi connectivity index (χ2v) is 7.33. The zero-order valence-electron chi connectivity index (χ0n) is 14.9. The van der Waals surface area contributed by atoms with E-state index in [-0.39, 0.29) is 5.91 Å². The quantitative estimate of drug-likeness (QED) is 0.837. The van der Waals surface area contributed by atoms with Crippen molar-refractivity contribution in [2.45, 2.75) is 38.8 Å². The zero-order chi connectivity index (χ0) is 17.2. The SMILES string of the molecule is Cc1ccccc1C(=O)N1CCC(N2CCc3ccccc3C2)CC1. The Kier molecular flexibility index (Phi) is 4.58. The van der Waals surface area contributed by atoms with Crippen molar-refractivity contribution in [1.82, 2.24) is 9.80 Å². The first-order valence-corrected chi connectivity index (χ1v) is 9.38. The fourth-order valence-corrected chi connectivity index (χ4v) is 4.25. The molecule has 0 atom stereocenters. The summed E-state index contributed by atoms with van der Waals surface area (Å²) in [6.07, 6.45) is 3.32. The molecule has 0 N–H and O–H groups in total. The highest BCUT2D eigenvalue weighted by Gasteiger charge is 2.29. The molecule has 4 rings (SSSR count). The number of hydrogen-bond donors (Lipinski definition) is 0. The predicted molar refractivity (Wildman–Crippen MR) is 101 cm³/mol. The van der Waals surface area contributed by atoms with E-state index in [0.717, 1.165) is 56.6 Å². The van der Waals surface area contributed by atoms with Crippen molar-refractivity contribution in [3.63, 3.8) is 0 Å². The van der Waals surface area contributed by atoms with Crippen molar-refractivity contribution >= 4 is 5.91 Å². The summed E-state index contributed by atoms with van der Waals surface area (Å²) in [5.74, 6) is 0.195. The lowest BCUT2D eigenvalue weighted by Crippen LogP contribution is -2.48. The third-order valence-corrected chi connectivity index (χ3v) is 5.80. The molecule has 2 aromatic carbocycles. The van der Waals surface area contributed by atoms with Gasteiger partial charge in [0.25, 0.3) is 5.91 Å². The highest BCUT2D eigenvalue weighted by molar-refractivity contribution is 5.95. The minimum atomic E-state index is 0.195. The summed E-state index contributed by atoms with van der Waals surface area (Å²) in [7, 11) is 0. The molecule has 2 aliphatic rings. The minimum absolute atomic E-state index is 0.195. The number of benzene rings is 2. The van der Waals surface area contributed by atoms with Crippen LogP contribution in [-0.2, 0) is 13.0 Å². The van der Waals surface area contributed by atoms with Crippen LogP contribution in [0.15, 0.2) is 48.5 Å². The molecule has 0 unspecified atom stereocenters. The number of likely N-dealkylation sites (tertiary alicyclic amines) is 1. The van der Waals surface area contributed by atoms with Gasteiger partial charge in [0, 0.05) is 37.8 Å². The molecule has 1 fully saturated rings. The maximum absolute atomic E-state index is 12.8. The number of fused-ring (bicyclic) bond motifs is 1. The monoisotopic (exact) mass is 334 g/mol. The van der Waals surface area contributed by atoms with Crippen molar-refractivity contribution < 1.29 is 4.79 Å². The van der Waals surface area contributed by atoms with Gasteiger partial charge in [0.15, 0.2) is 0 Å². The van der Waals surface area contributed by atoms with Gasteiger partial charge in [-0.15, -0.1) is 0 Å². The Hall–Kier alpha value is -2.13. The number of rotatable bonds is 2. The van der Waals surface area contributed by atoms with Gasteiger partial charge in [0.1, 0.15) is 0 Å². The lowest BCUT2D eigenvalue weighted by atomic mass is 9.95. The van der Waals surface area contributed by atoms with Crippen LogP contribution in [0.1, 0.15) is 39.9 Å². The van der Waals surface area contributed by atoms with Crippen LogP contribution in [0.4, 0.5) is 0 Å². The Morgan fingerprint density at radius 2 is 1.60 bits per heavy atom. The molecule has 130 valence electrons. The van der Waals surface area contributed by atoms with E-state index in [2.05, 4.69) is 29.2 Å². The van der Waals surface area contributed by atoms with Crippen molar-refractivity contribution in [3.05, 3.63) is 70.8 Å². The molecule has 3 heteroatoms. The topological polar surface area (TPSA) is 23.6 Å². The summed E-state index contributed by atoms with van der Waals surface area (Å²) < 4.78 is 0. The Labute approximate surface area is 150 Å². The lowest BCUT2D eigenvalue weighted by molar-refractivity contribution is 0.0599. The first kappa shape index (κ1) is 16.3. The van der Waals surface area contributed by atoms with Gasteiger partial charge in [-0.1, -0.05) is 42.5 Å². The number of piperidine rings is 1. The molecule has 0 saturated carbocycles. The Bertz CT molecular complexity index is 762. The standard InChI is InChI=1S/C22H26N2O/c1-17-6-2-5-9-21(17)22(25)23-14-11-20(12-15-23)24-13-10-18-7-3-4-8-19(18)16-24/h2-9,20H,10-16H2,1H3. The molecule has 2 heterocycles. The van der Waals surface area contributed by atoms with E-state index in [1.54, 1.807) is 0 Å². The molecule has 0 aromatic heterocycles. The fourth-order valence-electron chi connectivity index (χ4n) is 4.25. The molecule has 0 spiro atoms. The summed E-state index contributed by atoms with van der Waals surface area (Å²) in [6, 6.07) is 17.3. The second kappa shape index (κ2) is 7.01. The number of carbonyl (C=O) groups excluding carboxylic acids is 1. The van der Waals surface area contributed by atoms with E-state index < -0.39 is 0 Å². The number of hydrogen-bond acceptors (Lipinski definition) is 2. The Balaban J connectivity index is 1.38. The number of carbonyl (C=O) groups is 1. The van der Waals surface area contributed by atoms with E-state index in [1.807, 2.05) is 36.1 Å². The third kappa shape index (κ3) is 3.34.